The summed E-state index contributed by atoms with van der Waals surface area (Å²) in [4.78, 5) is 0. The van der Waals surface area contributed by atoms with Crippen molar-refractivity contribution >= 4 is 0 Å². The van der Waals surface area contributed by atoms with Gasteiger partial charge in [-0.1, -0.05) is 43.7 Å². The highest BCUT2D eigenvalue weighted by Gasteiger charge is 2.07. The van der Waals surface area contributed by atoms with Gasteiger partial charge in [0, 0.05) is 25.3 Å². The first kappa shape index (κ1) is 15.8. The highest BCUT2D eigenvalue weighted by atomic mass is 15.0. The number of allylic oxidation sites excluding steroid dienone is 2. The highest BCUT2D eigenvalue weighted by Crippen LogP contribution is 2.14. The Morgan fingerprint density at radius 2 is 1.86 bits per heavy atom. The molecule has 1 aromatic carbocycles. The second kappa shape index (κ2) is 7.46. The maximum Gasteiger partial charge on any atom is 0.0359 e. The second-order valence-corrected chi connectivity index (χ2v) is 5.92. The molecule has 0 bridgehead atoms. The lowest BCUT2D eigenvalue weighted by atomic mass is 10.0. The van der Waals surface area contributed by atoms with Crippen molar-refractivity contribution in [3.8, 4) is 0 Å². The van der Waals surface area contributed by atoms with E-state index >= 15 is 0 Å². The van der Waals surface area contributed by atoms with Gasteiger partial charge in [0.2, 0.25) is 0 Å². The molecule has 0 spiro atoms. The van der Waals surface area contributed by atoms with E-state index in [1.54, 1.807) is 0 Å². The van der Waals surface area contributed by atoms with Crippen molar-refractivity contribution in [2.75, 3.05) is 13.1 Å². The van der Waals surface area contributed by atoms with Crippen LogP contribution in [-0.2, 0) is 19.4 Å². The molecular formula is C19H28N2. The smallest absolute Gasteiger partial charge is 0.0359 e. The summed E-state index contributed by atoms with van der Waals surface area (Å²) in [5.74, 6) is 0. The lowest BCUT2D eigenvalue weighted by Crippen LogP contribution is -2.29. The average Bonchev–Trinajstić information content (AvgIpc) is 2.49. The third-order valence-electron chi connectivity index (χ3n) is 4.20. The largest absolute Gasteiger partial charge is 0.383 e. The molecule has 0 atom stereocenters. The first-order valence-corrected chi connectivity index (χ1v) is 8.06. The lowest BCUT2D eigenvalue weighted by molar-refractivity contribution is 0.680. The Balaban J connectivity index is 1.96. The molecule has 114 valence electrons. The van der Waals surface area contributed by atoms with Crippen molar-refractivity contribution in [1.29, 1.82) is 0 Å². The minimum atomic E-state index is 0.911. The van der Waals surface area contributed by atoms with Crippen LogP contribution in [-0.4, -0.2) is 13.1 Å². The third kappa shape index (κ3) is 4.21. The third-order valence-corrected chi connectivity index (χ3v) is 4.20. The molecule has 0 amide bonds. The van der Waals surface area contributed by atoms with Gasteiger partial charge in [0.15, 0.2) is 0 Å². The van der Waals surface area contributed by atoms with E-state index in [0.29, 0.717) is 0 Å². The monoisotopic (exact) mass is 284 g/mol. The topological polar surface area (TPSA) is 24.1 Å². The van der Waals surface area contributed by atoms with Gasteiger partial charge in [0.05, 0.1) is 0 Å². The van der Waals surface area contributed by atoms with E-state index in [0.717, 1.165) is 32.5 Å². The van der Waals surface area contributed by atoms with E-state index in [4.69, 9.17) is 0 Å². The maximum atomic E-state index is 3.58. The highest BCUT2D eigenvalue weighted by molar-refractivity contribution is 5.33. The molecule has 1 aliphatic heterocycles. The van der Waals surface area contributed by atoms with Gasteiger partial charge in [0.1, 0.15) is 0 Å². The van der Waals surface area contributed by atoms with Crippen molar-refractivity contribution in [3.63, 3.8) is 0 Å². The van der Waals surface area contributed by atoms with Crippen LogP contribution in [0.2, 0.25) is 0 Å². The Bertz CT molecular complexity index is 553. The molecule has 0 saturated carbocycles. The summed E-state index contributed by atoms with van der Waals surface area (Å²) >= 11 is 0. The number of rotatable bonds is 6. The van der Waals surface area contributed by atoms with Crippen LogP contribution in [0.5, 0.6) is 0 Å². The van der Waals surface area contributed by atoms with Crippen LogP contribution in [0.15, 0.2) is 41.1 Å². The Morgan fingerprint density at radius 1 is 1.05 bits per heavy atom. The number of benzene rings is 1. The van der Waals surface area contributed by atoms with Crippen molar-refractivity contribution < 1.29 is 0 Å². The zero-order valence-electron chi connectivity index (χ0n) is 13.8. The van der Waals surface area contributed by atoms with Gasteiger partial charge >= 0.3 is 0 Å². The Labute approximate surface area is 129 Å². The summed E-state index contributed by atoms with van der Waals surface area (Å²) < 4.78 is 0. The molecule has 0 radical (unpaired) electrons. The molecule has 1 aromatic rings. The zero-order chi connectivity index (χ0) is 15.2. The number of aryl methyl sites for hydroxylation is 2. The summed E-state index contributed by atoms with van der Waals surface area (Å²) in [6.45, 7) is 11.6. The standard InChI is InChI=1S/C19H28N2/c1-5-16-7-8-18(17(6-2)10-16)12-20-13-19-15(4)9-14(3)11-21-19/h7-10,20-21H,5-6,11-13H2,1-4H3. The van der Waals surface area contributed by atoms with E-state index in [-0.39, 0.29) is 0 Å². The Hall–Kier alpha value is -1.54. The predicted octanol–water partition coefficient (Wildman–Crippen LogP) is 3.72. The fourth-order valence-corrected chi connectivity index (χ4v) is 2.82. The molecular weight excluding hydrogens is 256 g/mol. The van der Waals surface area contributed by atoms with Crippen molar-refractivity contribution in [3.05, 3.63) is 57.8 Å². The molecule has 2 nitrogen and oxygen atoms in total. The minimum absolute atomic E-state index is 0.911. The van der Waals surface area contributed by atoms with Crippen LogP contribution < -0.4 is 10.6 Å². The van der Waals surface area contributed by atoms with Crippen LogP contribution in [0, 0.1) is 0 Å². The van der Waals surface area contributed by atoms with E-state index < -0.39 is 0 Å². The summed E-state index contributed by atoms with van der Waals surface area (Å²) in [5.41, 5.74) is 8.41. The second-order valence-electron chi connectivity index (χ2n) is 5.92. The van der Waals surface area contributed by atoms with Crippen LogP contribution in [0.4, 0.5) is 0 Å². The van der Waals surface area contributed by atoms with E-state index in [1.807, 2.05) is 0 Å². The SMILES string of the molecule is CCc1ccc(CNCC2=C(C)C=C(C)CN2)c(CC)c1. The van der Waals surface area contributed by atoms with Crippen LogP contribution in [0.3, 0.4) is 0 Å². The van der Waals surface area contributed by atoms with Gasteiger partial charge in [-0.15, -0.1) is 0 Å². The summed E-state index contributed by atoms with van der Waals surface area (Å²) in [7, 11) is 0. The summed E-state index contributed by atoms with van der Waals surface area (Å²) in [6.07, 6.45) is 4.50. The van der Waals surface area contributed by atoms with Gasteiger partial charge < -0.3 is 10.6 Å². The van der Waals surface area contributed by atoms with Crippen molar-refractivity contribution in [2.45, 2.75) is 47.1 Å². The first-order chi connectivity index (χ1) is 10.1. The molecule has 0 aromatic heterocycles. The average molecular weight is 284 g/mol. The van der Waals surface area contributed by atoms with E-state index in [2.05, 4.69) is 62.6 Å². The fourth-order valence-electron chi connectivity index (χ4n) is 2.82. The van der Waals surface area contributed by atoms with Gasteiger partial charge in [-0.25, -0.2) is 0 Å². The summed E-state index contributed by atoms with van der Waals surface area (Å²) in [5, 5.41) is 7.08. The molecule has 0 saturated heterocycles. The fraction of sp³-hybridized carbons (Fsp3) is 0.474. The molecule has 0 unspecified atom stereocenters. The predicted molar refractivity (Wildman–Crippen MR) is 91.4 cm³/mol. The Morgan fingerprint density at radius 3 is 2.52 bits per heavy atom. The quantitative estimate of drug-likeness (QED) is 0.832. The molecule has 21 heavy (non-hydrogen) atoms. The maximum absolute atomic E-state index is 3.58. The van der Waals surface area contributed by atoms with Gasteiger partial charge in [-0.2, -0.15) is 0 Å². The molecule has 1 aliphatic rings. The number of nitrogens with one attached hydrogen (secondary N) is 2. The van der Waals surface area contributed by atoms with Gasteiger partial charge in [-0.05, 0) is 49.0 Å². The first-order valence-electron chi connectivity index (χ1n) is 8.06. The molecule has 0 fully saturated rings. The molecule has 2 rings (SSSR count). The molecule has 2 N–H and O–H groups in total. The van der Waals surface area contributed by atoms with Crippen molar-refractivity contribution in [2.24, 2.45) is 0 Å². The molecule has 1 heterocycles. The van der Waals surface area contributed by atoms with E-state index in [1.165, 1.54) is 33.5 Å². The number of hydrogen-bond acceptors (Lipinski definition) is 2. The normalized spacial score (nSPS) is 15.0. The minimum Gasteiger partial charge on any atom is -0.383 e. The number of hydrogen-bond donors (Lipinski definition) is 2. The molecule has 0 aliphatic carbocycles. The lowest BCUT2D eigenvalue weighted by Gasteiger charge is -2.20. The van der Waals surface area contributed by atoms with Crippen LogP contribution in [0.25, 0.3) is 0 Å². The number of dihydropyridines is 1. The van der Waals surface area contributed by atoms with E-state index in [9.17, 15) is 0 Å². The van der Waals surface area contributed by atoms with Gasteiger partial charge in [0.25, 0.3) is 0 Å². The van der Waals surface area contributed by atoms with Crippen LogP contribution >= 0.6 is 0 Å². The zero-order valence-corrected chi connectivity index (χ0v) is 13.8. The summed E-state index contributed by atoms with van der Waals surface area (Å²) in [6, 6.07) is 6.89. The van der Waals surface area contributed by atoms with Crippen molar-refractivity contribution in [1.82, 2.24) is 10.6 Å². The van der Waals surface area contributed by atoms with Gasteiger partial charge in [-0.3, -0.25) is 0 Å². The Kier molecular flexibility index (Phi) is 5.63. The molecule has 2 heteroatoms. The van der Waals surface area contributed by atoms with Crippen LogP contribution in [0.1, 0.15) is 44.4 Å².